The van der Waals surface area contributed by atoms with E-state index in [2.05, 4.69) is 26.1 Å². The first-order valence-electron chi connectivity index (χ1n) is 9.25. The molecule has 0 heterocycles. The molecule has 0 aliphatic rings. The van der Waals surface area contributed by atoms with E-state index < -0.39 is 5.60 Å². The standard InChI is InChI=1S/C19H37NO4/c1-8-18(6,9-2)23-14-13-19(7,10-3)24-17(22)12-11-16(21)20-15(4)5/h15H,8-14H2,1-7H3,(H,20,21). The summed E-state index contributed by atoms with van der Waals surface area (Å²) >= 11 is 0. The van der Waals surface area contributed by atoms with Crippen molar-refractivity contribution >= 4 is 11.9 Å². The van der Waals surface area contributed by atoms with Gasteiger partial charge in [0.25, 0.3) is 0 Å². The molecule has 0 aromatic heterocycles. The van der Waals surface area contributed by atoms with E-state index in [1.54, 1.807) is 0 Å². The zero-order valence-electron chi connectivity index (χ0n) is 16.7. The Morgan fingerprint density at radius 1 is 0.958 bits per heavy atom. The van der Waals surface area contributed by atoms with E-state index in [4.69, 9.17) is 9.47 Å². The predicted molar refractivity (Wildman–Crippen MR) is 96.9 cm³/mol. The highest BCUT2D eigenvalue weighted by Gasteiger charge is 2.28. The molecule has 0 bridgehead atoms. The van der Waals surface area contributed by atoms with Crippen LogP contribution in [0.4, 0.5) is 0 Å². The fraction of sp³-hybridized carbons (Fsp3) is 0.895. The number of amides is 1. The van der Waals surface area contributed by atoms with Gasteiger partial charge in [0.2, 0.25) is 5.91 Å². The lowest BCUT2D eigenvalue weighted by molar-refractivity contribution is -0.162. The van der Waals surface area contributed by atoms with E-state index in [0.29, 0.717) is 13.0 Å². The molecule has 1 atom stereocenters. The van der Waals surface area contributed by atoms with E-state index in [1.165, 1.54) is 0 Å². The molecule has 0 aromatic rings. The van der Waals surface area contributed by atoms with E-state index in [0.717, 1.165) is 19.3 Å². The van der Waals surface area contributed by atoms with Crippen molar-refractivity contribution in [3.63, 3.8) is 0 Å². The number of carbonyl (C=O) groups excluding carboxylic acids is 2. The van der Waals surface area contributed by atoms with Crippen LogP contribution in [0.2, 0.25) is 0 Å². The Hall–Kier alpha value is -1.10. The molecule has 1 amide bonds. The van der Waals surface area contributed by atoms with Gasteiger partial charge >= 0.3 is 5.97 Å². The summed E-state index contributed by atoms with van der Waals surface area (Å²) in [6.07, 6.45) is 3.56. The second kappa shape index (κ2) is 10.7. The molecule has 24 heavy (non-hydrogen) atoms. The lowest BCUT2D eigenvalue weighted by Crippen LogP contribution is -2.36. The zero-order chi connectivity index (χ0) is 18.8. The Morgan fingerprint density at radius 3 is 1.96 bits per heavy atom. The Morgan fingerprint density at radius 2 is 1.50 bits per heavy atom. The summed E-state index contributed by atoms with van der Waals surface area (Å²) in [6, 6.07) is 0.0815. The molecular formula is C19H37NO4. The Balaban J connectivity index is 4.35. The van der Waals surface area contributed by atoms with Gasteiger partial charge in [-0.15, -0.1) is 0 Å². The summed E-state index contributed by atoms with van der Waals surface area (Å²) in [5, 5.41) is 2.77. The van der Waals surface area contributed by atoms with Crippen LogP contribution in [0, 0.1) is 0 Å². The monoisotopic (exact) mass is 343 g/mol. The molecule has 0 aliphatic heterocycles. The highest BCUT2D eigenvalue weighted by atomic mass is 16.6. The normalized spacial score (nSPS) is 14.3. The van der Waals surface area contributed by atoms with Gasteiger partial charge in [0.05, 0.1) is 18.6 Å². The number of esters is 1. The van der Waals surface area contributed by atoms with Crippen molar-refractivity contribution in [3.05, 3.63) is 0 Å². The molecule has 0 aliphatic carbocycles. The van der Waals surface area contributed by atoms with Crippen LogP contribution >= 0.6 is 0 Å². The van der Waals surface area contributed by atoms with Crippen LogP contribution in [-0.2, 0) is 19.1 Å². The Kier molecular flexibility index (Phi) is 10.2. The molecule has 0 aromatic carbocycles. The fourth-order valence-corrected chi connectivity index (χ4v) is 2.20. The smallest absolute Gasteiger partial charge is 0.306 e. The van der Waals surface area contributed by atoms with Crippen LogP contribution in [0.15, 0.2) is 0 Å². The van der Waals surface area contributed by atoms with Crippen molar-refractivity contribution in [1.82, 2.24) is 5.32 Å². The number of carbonyl (C=O) groups is 2. The summed E-state index contributed by atoms with van der Waals surface area (Å²) in [5.74, 6) is -0.447. The molecule has 142 valence electrons. The summed E-state index contributed by atoms with van der Waals surface area (Å²) in [5.41, 5.74) is -0.665. The number of rotatable bonds is 12. The third-order valence-electron chi connectivity index (χ3n) is 4.69. The molecule has 1 N–H and O–H groups in total. The summed E-state index contributed by atoms with van der Waals surface area (Å²) in [7, 11) is 0. The average Bonchev–Trinajstić information content (AvgIpc) is 2.52. The van der Waals surface area contributed by atoms with Crippen molar-refractivity contribution in [2.24, 2.45) is 0 Å². The van der Waals surface area contributed by atoms with Gasteiger partial charge in [0.15, 0.2) is 0 Å². The van der Waals surface area contributed by atoms with Crippen molar-refractivity contribution in [3.8, 4) is 0 Å². The third-order valence-corrected chi connectivity index (χ3v) is 4.69. The lowest BCUT2D eigenvalue weighted by Gasteiger charge is -2.32. The van der Waals surface area contributed by atoms with Gasteiger partial charge in [-0.2, -0.15) is 0 Å². The first kappa shape index (κ1) is 22.9. The lowest BCUT2D eigenvalue weighted by atomic mass is 9.97. The number of ether oxygens (including phenoxy) is 2. The molecule has 0 rings (SSSR count). The topological polar surface area (TPSA) is 64.6 Å². The summed E-state index contributed by atoms with van der Waals surface area (Å²) in [6.45, 7) is 14.6. The molecule has 0 radical (unpaired) electrons. The molecule has 0 fully saturated rings. The SMILES string of the molecule is CCC(C)(CC)OCCC(C)(CC)OC(=O)CCC(=O)NC(C)C. The van der Waals surface area contributed by atoms with Crippen LogP contribution < -0.4 is 5.32 Å². The Bertz CT molecular complexity index is 391. The molecule has 1 unspecified atom stereocenters. The first-order chi connectivity index (χ1) is 11.1. The summed E-state index contributed by atoms with van der Waals surface area (Å²) in [4.78, 5) is 23.6. The average molecular weight is 344 g/mol. The van der Waals surface area contributed by atoms with Crippen molar-refractivity contribution < 1.29 is 19.1 Å². The maximum atomic E-state index is 12.0. The van der Waals surface area contributed by atoms with E-state index in [9.17, 15) is 9.59 Å². The summed E-state index contributed by atoms with van der Waals surface area (Å²) < 4.78 is 11.6. The van der Waals surface area contributed by atoms with Crippen molar-refractivity contribution in [2.75, 3.05) is 6.61 Å². The van der Waals surface area contributed by atoms with Gasteiger partial charge in [-0.3, -0.25) is 9.59 Å². The van der Waals surface area contributed by atoms with Gasteiger partial charge in [-0.05, 0) is 47.0 Å². The Labute approximate surface area is 147 Å². The predicted octanol–water partition coefficient (Wildman–Crippen LogP) is 3.99. The van der Waals surface area contributed by atoms with Crippen LogP contribution in [-0.4, -0.2) is 35.7 Å². The fourth-order valence-electron chi connectivity index (χ4n) is 2.20. The minimum absolute atomic E-state index is 0.0815. The first-order valence-corrected chi connectivity index (χ1v) is 9.25. The van der Waals surface area contributed by atoms with Crippen molar-refractivity contribution in [1.29, 1.82) is 0 Å². The zero-order valence-corrected chi connectivity index (χ0v) is 16.7. The van der Waals surface area contributed by atoms with Crippen LogP contribution in [0.5, 0.6) is 0 Å². The quantitative estimate of drug-likeness (QED) is 0.544. The van der Waals surface area contributed by atoms with E-state index >= 15 is 0 Å². The van der Waals surface area contributed by atoms with Crippen molar-refractivity contribution in [2.45, 2.75) is 104 Å². The second-order valence-corrected chi connectivity index (χ2v) is 7.26. The van der Waals surface area contributed by atoms with Gasteiger partial charge in [-0.1, -0.05) is 20.8 Å². The van der Waals surface area contributed by atoms with Crippen LogP contribution in [0.1, 0.15) is 87.0 Å². The second-order valence-electron chi connectivity index (χ2n) is 7.26. The number of hydrogen-bond acceptors (Lipinski definition) is 4. The largest absolute Gasteiger partial charge is 0.459 e. The third kappa shape index (κ3) is 9.26. The number of hydrogen-bond donors (Lipinski definition) is 1. The highest BCUT2D eigenvalue weighted by molar-refractivity contribution is 5.81. The maximum absolute atomic E-state index is 12.0. The molecule has 5 nitrogen and oxygen atoms in total. The maximum Gasteiger partial charge on any atom is 0.306 e. The molecule has 0 saturated heterocycles. The van der Waals surface area contributed by atoms with Gasteiger partial charge in [0, 0.05) is 18.9 Å². The van der Waals surface area contributed by atoms with Crippen LogP contribution in [0.3, 0.4) is 0 Å². The highest BCUT2D eigenvalue weighted by Crippen LogP contribution is 2.25. The van der Waals surface area contributed by atoms with Crippen LogP contribution in [0.25, 0.3) is 0 Å². The minimum Gasteiger partial charge on any atom is -0.459 e. The minimum atomic E-state index is -0.548. The molecule has 0 spiro atoms. The van der Waals surface area contributed by atoms with Gasteiger partial charge in [0.1, 0.15) is 5.60 Å². The van der Waals surface area contributed by atoms with E-state index in [1.807, 2.05) is 27.7 Å². The molecular weight excluding hydrogens is 306 g/mol. The van der Waals surface area contributed by atoms with E-state index in [-0.39, 0.29) is 36.4 Å². The molecule has 0 saturated carbocycles. The number of nitrogens with one attached hydrogen (secondary N) is 1. The van der Waals surface area contributed by atoms with Gasteiger partial charge in [-0.25, -0.2) is 0 Å². The molecule has 5 heteroatoms. The van der Waals surface area contributed by atoms with Gasteiger partial charge < -0.3 is 14.8 Å².